The molecule has 5 nitrogen and oxygen atoms in total. The Morgan fingerprint density at radius 3 is 2.80 bits per heavy atom. The van der Waals surface area contributed by atoms with Gasteiger partial charge < -0.3 is 0 Å². The average Bonchev–Trinajstić information content (AvgIpc) is 3.06. The van der Waals surface area contributed by atoms with Gasteiger partial charge >= 0.3 is 0 Å². The molecule has 0 radical (unpaired) electrons. The lowest BCUT2D eigenvalue weighted by Gasteiger charge is -2.15. The van der Waals surface area contributed by atoms with Crippen molar-refractivity contribution in [1.29, 1.82) is 0 Å². The number of para-hydroxylation sites is 1. The maximum atomic E-state index is 12.3. The number of rotatable bonds is 4. The van der Waals surface area contributed by atoms with Crippen molar-refractivity contribution < 1.29 is 9.59 Å². The number of carbonyl (C=O) groups excluding carboxylic acids is 2. The van der Waals surface area contributed by atoms with Crippen LogP contribution in [0.5, 0.6) is 0 Å². The van der Waals surface area contributed by atoms with Gasteiger partial charge in [-0.25, -0.2) is 9.88 Å². The fourth-order valence-electron chi connectivity index (χ4n) is 2.19. The maximum absolute atomic E-state index is 12.3. The summed E-state index contributed by atoms with van der Waals surface area (Å²) in [5.41, 5.74) is 3.25. The van der Waals surface area contributed by atoms with Gasteiger partial charge in [0, 0.05) is 11.9 Å². The molecule has 1 N–H and O–H groups in total. The van der Waals surface area contributed by atoms with Gasteiger partial charge in [0.1, 0.15) is 0 Å². The Kier molecular flexibility index (Phi) is 3.58. The van der Waals surface area contributed by atoms with Gasteiger partial charge in [-0.2, -0.15) is 0 Å². The largest absolute Gasteiger partial charge is 0.300 e. The summed E-state index contributed by atoms with van der Waals surface area (Å²) in [5.74, 6) is -0.367. The molecule has 1 saturated heterocycles. The molecule has 1 unspecified atom stereocenters. The fraction of sp³-hybridized carbons (Fsp3) is 0.214. The van der Waals surface area contributed by atoms with Gasteiger partial charge in [0.05, 0.1) is 29.4 Å². The molecule has 0 saturated carbocycles. The van der Waals surface area contributed by atoms with E-state index >= 15 is 0 Å². The zero-order valence-electron chi connectivity index (χ0n) is 10.7. The summed E-state index contributed by atoms with van der Waals surface area (Å²) in [6.45, 7) is 0.496. The SMILES string of the molecule is O=C1CC(NCc2cscn2)C(=O)N1c1ccccc1. The molecule has 2 amide bonds. The van der Waals surface area contributed by atoms with E-state index in [1.165, 1.54) is 16.2 Å². The Labute approximate surface area is 120 Å². The summed E-state index contributed by atoms with van der Waals surface area (Å²) in [4.78, 5) is 29.7. The molecule has 1 aromatic carbocycles. The molecule has 1 aliphatic rings. The zero-order valence-corrected chi connectivity index (χ0v) is 11.5. The van der Waals surface area contributed by atoms with Gasteiger partial charge in [-0.1, -0.05) is 18.2 Å². The van der Waals surface area contributed by atoms with Crippen molar-refractivity contribution >= 4 is 28.8 Å². The molecule has 102 valence electrons. The minimum absolute atomic E-state index is 0.169. The van der Waals surface area contributed by atoms with E-state index in [9.17, 15) is 9.59 Å². The number of amides is 2. The number of carbonyl (C=O) groups is 2. The van der Waals surface area contributed by atoms with Crippen molar-refractivity contribution in [2.75, 3.05) is 4.90 Å². The number of nitrogens with one attached hydrogen (secondary N) is 1. The van der Waals surface area contributed by atoms with Crippen LogP contribution in [0.3, 0.4) is 0 Å². The molecule has 1 fully saturated rings. The van der Waals surface area contributed by atoms with Crippen LogP contribution >= 0.6 is 11.3 Å². The summed E-state index contributed by atoms with van der Waals surface area (Å²) >= 11 is 1.51. The maximum Gasteiger partial charge on any atom is 0.251 e. The highest BCUT2D eigenvalue weighted by Crippen LogP contribution is 2.22. The highest BCUT2D eigenvalue weighted by Gasteiger charge is 2.39. The number of thiazole rings is 1. The number of anilines is 1. The van der Waals surface area contributed by atoms with Crippen LogP contribution in [-0.2, 0) is 16.1 Å². The third-order valence-corrected chi connectivity index (χ3v) is 3.81. The second-order valence-corrected chi connectivity index (χ2v) is 5.24. The molecular formula is C14H13N3O2S. The fourth-order valence-corrected chi connectivity index (χ4v) is 2.75. The molecule has 3 rings (SSSR count). The first kappa shape index (κ1) is 13.0. The number of nitrogens with zero attached hydrogens (tertiary/aromatic N) is 2. The topological polar surface area (TPSA) is 62.3 Å². The standard InChI is InChI=1S/C14H13N3O2S/c18-13-6-12(15-7-10-8-20-9-16-10)14(19)17(13)11-4-2-1-3-5-11/h1-5,8-9,12,15H,6-7H2. The quantitative estimate of drug-likeness (QED) is 0.867. The Balaban J connectivity index is 1.70. The smallest absolute Gasteiger partial charge is 0.251 e. The third kappa shape index (κ3) is 2.48. The lowest BCUT2D eigenvalue weighted by atomic mass is 10.2. The van der Waals surface area contributed by atoms with Crippen LogP contribution in [0.2, 0.25) is 0 Å². The van der Waals surface area contributed by atoms with Gasteiger partial charge in [0.2, 0.25) is 5.91 Å². The molecule has 0 spiro atoms. The molecular weight excluding hydrogens is 274 g/mol. The first-order chi connectivity index (χ1) is 9.75. The van der Waals surface area contributed by atoms with Crippen molar-refractivity contribution in [3.8, 4) is 0 Å². The van der Waals surface area contributed by atoms with Crippen LogP contribution in [-0.4, -0.2) is 22.8 Å². The van der Waals surface area contributed by atoms with Crippen LogP contribution in [0, 0.1) is 0 Å². The minimum Gasteiger partial charge on any atom is -0.300 e. The molecule has 20 heavy (non-hydrogen) atoms. The lowest BCUT2D eigenvalue weighted by molar-refractivity contribution is -0.121. The van der Waals surface area contributed by atoms with E-state index in [1.54, 1.807) is 17.6 Å². The predicted octanol–water partition coefficient (Wildman–Crippen LogP) is 1.56. The third-order valence-electron chi connectivity index (χ3n) is 3.17. The van der Waals surface area contributed by atoms with Crippen LogP contribution in [0.25, 0.3) is 0 Å². The van der Waals surface area contributed by atoms with Gasteiger partial charge in [-0.05, 0) is 12.1 Å². The van der Waals surface area contributed by atoms with Crippen LogP contribution in [0.15, 0.2) is 41.2 Å². The number of benzene rings is 1. The summed E-state index contributed by atoms with van der Waals surface area (Å²) in [7, 11) is 0. The van der Waals surface area contributed by atoms with E-state index in [2.05, 4.69) is 10.3 Å². The molecule has 2 heterocycles. The van der Waals surface area contributed by atoms with Gasteiger partial charge in [-0.3, -0.25) is 14.9 Å². The van der Waals surface area contributed by atoms with Crippen molar-refractivity contribution in [1.82, 2.24) is 10.3 Å². The molecule has 2 aromatic rings. The minimum atomic E-state index is -0.468. The van der Waals surface area contributed by atoms with Crippen molar-refractivity contribution in [3.05, 3.63) is 46.9 Å². The molecule has 1 aromatic heterocycles. The van der Waals surface area contributed by atoms with E-state index in [4.69, 9.17) is 0 Å². The Bertz CT molecular complexity index is 613. The number of imide groups is 1. The first-order valence-corrected chi connectivity index (χ1v) is 7.22. The second kappa shape index (κ2) is 5.52. The summed E-state index contributed by atoms with van der Waals surface area (Å²) in [6.07, 6.45) is 0.192. The average molecular weight is 287 g/mol. The van der Waals surface area contributed by atoms with Crippen molar-refractivity contribution in [3.63, 3.8) is 0 Å². The monoisotopic (exact) mass is 287 g/mol. The number of hydrogen-bond donors (Lipinski definition) is 1. The number of aromatic nitrogens is 1. The second-order valence-electron chi connectivity index (χ2n) is 4.52. The molecule has 0 aliphatic carbocycles. The zero-order chi connectivity index (χ0) is 13.9. The van der Waals surface area contributed by atoms with E-state index in [0.717, 1.165) is 5.69 Å². The van der Waals surface area contributed by atoms with E-state index < -0.39 is 6.04 Å². The van der Waals surface area contributed by atoms with Crippen molar-refractivity contribution in [2.45, 2.75) is 19.0 Å². The van der Waals surface area contributed by atoms with E-state index in [-0.39, 0.29) is 18.2 Å². The van der Waals surface area contributed by atoms with E-state index in [1.807, 2.05) is 23.6 Å². The van der Waals surface area contributed by atoms with Crippen LogP contribution < -0.4 is 10.2 Å². The Morgan fingerprint density at radius 2 is 2.10 bits per heavy atom. The molecule has 1 atom stereocenters. The van der Waals surface area contributed by atoms with E-state index in [0.29, 0.717) is 12.2 Å². The van der Waals surface area contributed by atoms with Gasteiger partial charge in [0.25, 0.3) is 5.91 Å². The summed E-state index contributed by atoms with van der Waals surface area (Å²) in [6, 6.07) is 8.53. The van der Waals surface area contributed by atoms with Gasteiger partial charge in [0.15, 0.2) is 0 Å². The van der Waals surface area contributed by atoms with Crippen LogP contribution in [0.4, 0.5) is 5.69 Å². The summed E-state index contributed by atoms with van der Waals surface area (Å²) in [5, 5.41) is 5.02. The predicted molar refractivity (Wildman–Crippen MR) is 76.3 cm³/mol. The highest BCUT2D eigenvalue weighted by molar-refractivity contribution is 7.07. The van der Waals surface area contributed by atoms with Gasteiger partial charge in [-0.15, -0.1) is 11.3 Å². The summed E-state index contributed by atoms with van der Waals surface area (Å²) < 4.78 is 0. The van der Waals surface area contributed by atoms with Crippen LogP contribution in [0.1, 0.15) is 12.1 Å². The normalized spacial score (nSPS) is 18.8. The molecule has 6 heteroatoms. The molecule has 1 aliphatic heterocycles. The number of hydrogen-bond acceptors (Lipinski definition) is 5. The Hall–Kier alpha value is -2.05. The Morgan fingerprint density at radius 1 is 1.30 bits per heavy atom. The molecule has 0 bridgehead atoms. The van der Waals surface area contributed by atoms with Crippen molar-refractivity contribution in [2.24, 2.45) is 0 Å². The lowest BCUT2D eigenvalue weighted by Crippen LogP contribution is -2.38. The highest BCUT2D eigenvalue weighted by atomic mass is 32.1. The first-order valence-electron chi connectivity index (χ1n) is 6.28.